The van der Waals surface area contributed by atoms with Crippen LogP contribution in [0.25, 0.3) is 0 Å². The van der Waals surface area contributed by atoms with Crippen molar-refractivity contribution >= 4 is 17.5 Å². The molecule has 1 heterocycles. The second kappa shape index (κ2) is 13.4. The van der Waals surface area contributed by atoms with E-state index >= 15 is 0 Å². The maximum atomic E-state index is 13.6. The second-order valence-electron chi connectivity index (χ2n) is 12.0. The molecule has 5 rings (SSSR count). The Kier molecular flexibility index (Phi) is 9.46. The number of carboxylic acids is 1. The van der Waals surface area contributed by atoms with Crippen LogP contribution in [-0.2, 0) is 37.4 Å². The molecular weight excluding hydrogens is 531 g/mol. The van der Waals surface area contributed by atoms with Crippen LogP contribution in [0.1, 0.15) is 84.5 Å². The van der Waals surface area contributed by atoms with Crippen LogP contribution >= 0.6 is 0 Å². The number of hydrogen-bond donors (Lipinski definition) is 1. The number of aromatic nitrogens is 1. The Balaban J connectivity index is 1.47. The summed E-state index contributed by atoms with van der Waals surface area (Å²) in [6, 6.07) is 14.1. The summed E-state index contributed by atoms with van der Waals surface area (Å²) in [5.74, 6) is 0.215. The van der Waals surface area contributed by atoms with Crippen molar-refractivity contribution in [3.05, 3.63) is 75.5 Å². The van der Waals surface area contributed by atoms with Gasteiger partial charge in [0.2, 0.25) is 5.88 Å². The lowest BCUT2D eigenvalue weighted by molar-refractivity contribution is -0.143. The summed E-state index contributed by atoms with van der Waals surface area (Å²) < 4.78 is 19.4. The number of benzene rings is 2. The number of hydrogen-bond acceptors (Lipinski definition) is 6. The molecule has 7 nitrogen and oxygen atoms in total. The van der Waals surface area contributed by atoms with Gasteiger partial charge in [0.1, 0.15) is 6.67 Å². The van der Waals surface area contributed by atoms with Crippen molar-refractivity contribution in [1.29, 1.82) is 5.26 Å². The maximum Gasteiger partial charge on any atom is 0.306 e. The molecule has 0 spiro atoms. The van der Waals surface area contributed by atoms with Crippen LogP contribution in [0, 0.1) is 30.1 Å². The van der Waals surface area contributed by atoms with Gasteiger partial charge in [-0.05, 0) is 117 Å². The van der Waals surface area contributed by atoms with Gasteiger partial charge in [-0.2, -0.15) is 5.26 Å². The average molecular weight is 573 g/mol. The standard InChI is InChI=1S/C34H41FN4O3/c1-3-38(20-24-8-10-28(11-9-24)34(40)41)32-17-30-7-5-4-6-29(30)16-31(32)22-39(33-12-23(2)37-42-33)21-27-14-25(18-35)13-26(15-27)19-36/h12-17,24,28H,3-11,18,20-22H2,1-2H3,(H,40,41). The van der Waals surface area contributed by atoms with E-state index in [0.29, 0.717) is 36.0 Å². The van der Waals surface area contributed by atoms with E-state index in [1.807, 2.05) is 25.1 Å². The lowest BCUT2D eigenvalue weighted by Crippen LogP contribution is -2.34. The van der Waals surface area contributed by atoms with Crippen molar-refractivity contribution in [1.82, 2.24) is 5.16 Å². The number of rotatable bonds is 11. The fraction of sp³-hybridized carbons (Fsp3) is 0.500. The Hall–Kier alpha value is -3.86. The quantitative estimate of drug-likeness (QED) is 0.261. The minimum absolute atomic E-state index is 0.216. The summed E-state index contributed by atoms with van der Waals surface area (Å²) >= 11 is 0. The summed E-state index contributed by atoms with van der Waals surface area (Å²) in [6.07, 6.45) is 7.90. The first-order chi connectivity index (χ1) is 20.4. The molecule has 1 N–H and O–H groups in total. The summed E-state index contributed by atoms with van der Waals surface area (Å²) in [5, 5.41) is 23.1. The number of aryl methyl sites for hydroxylation is 3. The number of alkyl halides is 1. The molecule has 2 aliphatic carbocycles. The number of fused-ring (bicyclic) bond motifs is 1. The Bertz CT molecular complexity index is 1440. The first-order valence-electron chi connectivity index (χ1n) is 15.3. The fourth-order valence-corrected chi connectivity index (χ4v) is 6.68. The van der Waals surface area contributed by atoms with Gasteiger partial charge in [-0.15, -0.1) is 0 Å². The molecule has 1 saturated carbocycles. The van der Waals surface area contributed by atoms with Gasteiger partial charge in [-0.1, -0.05) is 17.3 Å². The monoisotopic (exact) mass is 572 g/mol. The average Bonchev–Trinajstić information content (AvgIpc) is 3.45. The van der Waals surface area contributed by atoms with Crippen LogP contribution in [0.4, 0.5) is 16.0 Å². The predicted octanol–water partition coefficient (Wildman–Crippen LogP) is 7.13. The van der Waals surface area contributed by atoms with E-state index in [1.54, 1.807) is 6.07 Å². The van der Waals surface area contributed by atoms with Crippen LogP contribution in [0.5, 0.6) is 0 Å². The molecule has 0 unspecified atom stereocenters. The van der Waals surface area contributed by atoms with Crippen LogP contribution in [0.3, 0.4) is 0 Å². The largest absolute Gasteiger partial charge is 0.481 e. The van der Waals surface area contributed by atoms with E-state index in [9.17, 15) is 19.6 Å². The van der Waals surface area contributed by atoms with Crippen LogP contribution in [0.2, 0.25) is 0 Å². The number of carboxylic acid groups (broad SMARTS) is 1. The smallest absolute Gasteiger partial charge is 0.306 e. The SMILES string of the molecule is CCN(CC1CCC(C(=O)O)CC1)c1cc2c(cc1CN(Cc1cc(C#N)cc(CF)c1)c1cc(C)no1)CCCC2. The van der Waals surface area contributed by atoms with Gasteiger partial charge in [0, 0.05) is 37.9 Å². The number of anilines is 2. The second-order valence-corrected chi connectivity index (χ2v) is 12.0. The third kappa shape index (κ3) is 6.95. The summed E-state index contributed by atoms with van der Waals surface area (Å²) in [5.41, 5.74) is 7.80. The molecule has 2 aliphatic rings. The van der Waals surface area contributed by atoms with Crippen molar-refractivity contribution < 1.29 is 18.8 Å². The van der Waals surface area contributed by atoms with Crippen molar-refractivity contribution in [3.63, 3.8) is 0 Å². The van der Waals surface area contributed by atoms with Crippen molar-refractivity contribution in [2.24, 2.45) is 11.8 Å². The van der Waals surface area contributed by atoms with Gasteiger partial charge in [-0.25, -0.2) is 4.39 Å². The van der Waals surface area contributed by atoms with E-state index in [-0.39, 0.29) is 5.92 Å². The number of halogens is 1. The molecule has 8 heteroatoms. The van der Waals surface area contributed by atoms with Gasteiger partial charge in [-0.3, -0.25) is 4.79 Å². The lowest BCUT2D eigenvalue weighted by Gasteiger charge is -2.35. The zero-order valence-electron chi connectivity index (χ0n) is 24.7. The van der Waals surface area contributed by atoms with E-state index < -0.39 is 12.6 Å². The van der Waals surface area contributed by atoms with Crippen LogP contribution in [0.15, 0.2) is 40.9 Å². The Labute approximate surface area is 247 Å². The minimum atomic E-state index is -0.667. The van der Waals surface area contributed by atoms with Crippen molar-refractivity contribution in [2.75, 3.05) is 22.9 Å². The molecule has 42 heavy (non-hydrogen) atoms. The van der Waals surface area contributed by atoms with Crippen molar-refractivity contribution in [2.45, 2.75) is 85.0 Å². The third-order valence-corrected chi connectivity index (χ3v) is 8.94. The van der Waals surface area contributed by atoms with Gasteiger partial charge >= 0.3 is 5.97 Å². The zero-order valence-corrected chi connectivity index (χ0v) is 24.7. The molecule has 0 radical (unpaired) electrons. The summed E-state index contributed by atoms with van der Waals surface area (Å²) in [7, 11) is 0. The van der Waals surface area contributed by atoms with E-state index in [2.05, 4.69) is 40.1 Å². The first-order valence-corrected chi connectivity index (χ1v) is 15.3. The minimum Gasteiger partial charge on any atom is -0.481 e. The highest BCUT2D eigenvalue weighted by Crippen LogP contribution is 2.35. The lowest BCUT2D eigenvalue weighted by atomic mass is 9.81. The van der Waals surface area contributed by atoms with E-state index in [1.165, 1.54) is 35.2 Å². The van der Waals surface area contributed by atoms with Gasteiger partial charge in [0.25, 0.3) is 0 Å². The predicted molar refractivity (Wildman–Crippen MR) is 161 cm³/mol. The molecule has 0 aliphatic heterocycles. The number of nitriles is 1. The number of carbonyl (C=O) groups is 1. The number of nitrogens with zero attached hydrogens (tertiary/aromatic N) is 4. The van der Waals surface area contributed by atoms with E-state index in [0.717, 1.165) is 62.9 Å². The Morgan fingerprint density at radius 3 is 2.36 bits per heavy atom. The summed E-state index contributed by atoms with van der Waals surface area (Å²) in [6.45, 7) is 6.23. The molecule has 0 atom stereocenters. The Morgan fingerprint density at radius 1 is 1.02 bits per heavy atom. The normalized spacial score (nSPS) is 18.2. The molecule has 2 aromatic carbocycles. The molecule has 0 amide bonds. The van der Waals surface area contributed by atoms with Gasteiger partial charge in [0.15, 0.2) is 0 Å². The zero-order chi connectivity index (χ0) is 29.6. The number of aliphatic carboxylic acids is 1. The molecular formula is C34H41FN4O3. The first kappa shape index (κ1) is 29.6. The molecule has 3 aromatic rings. The van der Waals surface area contributed by atoms with Gasteiger partial charge < -0.3 is 19.4 Å². The third-order valence-electron chi connectivity index (χ3n) is 8.94. The highest BCUT2D eigenvalue weighted by atomic mass is 19.1. The molecule has 1 fully saturated rings. The van der Waals surface area contributed by atoms with Crippen LogP contribution in [-0.4, -0.2) is 29.3 Å². The molecule has 1 aromatic heterocycles. The van der Waals surface area contributed by atoms with E-state index in [4.69, 9.17) is 4.52 Å². The van der Waals surface area contributed by atoms with Crippen LogP contribution < -0.4 is 9.80 Å². The Morgan fingerprint density at radius 2 is 1.74 bits per heavy atom. The van der Waals surface area contributed by atoms with Crippen molar-refractivity contribution in [3.8, 4) is 6.07 Å². The molecule has 0 saturated heterocycles. The summed E-state index contributed by atoms with van der Waals surface area (Å²) in [4.78, 5) is 16.1. The molecule has 0 bridgehead atoms. The maximum absolute atomic E-state index is 13.6. The topological polar surface area (TPSA) is 93.6 Å². The highest BCUT2D eigenvalue weighted by Gasteiger charge is 2.28. The molecule has 222 valence electrons. The fourth-order valence-electron chi connectivity index (χ4n) is 6.68. The highest BCUT2D eigenvalue weighted by molar-refractivity contribution is 5.70. The van der Waals surface area contributed by atoms with Gasteiger partial charge in [0.05, 0.1) is 23.2 Å².